The van der Waals surface area contributed by atoms with Crippen LogP contribution in [0.1, 0.15) is 22.3 Å². The summed E-state index contributed by atoms with van der Waals surface area (Å²) in [5, 5.41) is 6.45. The number of amides is 2. The summed E-state index contributed by atoms with van der Waals surface area (Å²) in [5.74, 6) is 0.419. The van der Waals surface area contributed by atoms with E-state index >= 15 is 0 Å². The van der Waals surface area contributed by atoms with Crippen LogP contribution in [0.2, 0.25) is 5.02 Å². The molecule has 130 valence electrons. The zero-order valence-corrected chi connectivity index (χ0v) is 14.6. The van der Waals surface area contributed by atoms with Gasteiger partial charge in [0.25, 0.3) is 5.91 Å². The molecule has 0 radical (unpaired) electrons. The number of hydrogen-bond donors (Lipinski definition) is 2. The summed E-state index contributed by atoms with van der Waals surface area (Å²) < 4.78 is 0. The number of pyridine rings is 1. The first-order valence-corrected chi connectivity index (χ1v) is 8.40. The van der Waals surface area contributed by atoms with E-state index in [-0.39, 0.29) is 17.9 Å². The zero-order chi connectivity index (χ0) is 17.8. The molecule has 6 nitrogen and oxygen atoms in total. The van der Waals surface area contributed by atoms with Gasteiger partial charge in [0.05, 0.1) is 6.04 Å². The highest BCUT2D eigenvalue weighted by atomic mass is 35.5. The molecule has 1 aromatic carbocycles. The Morgan fingerprint density at radius 3 is 2.92 bits per heavy atom. The van der Waals surface area contributed by atoms with Crippen molar-refractivity contribution in [2.24, 2.45) is 0 Å². The van der Waals surface area contributed by atoms with Crippen LogP contribution in [0.5, 0.6) is 0 Å². The standard InChI is InChI=1S/C18H19ClN4O2/c1-20-16-8-12(6-7-21-16)18(25)22-14-9-17(24)23(11-14)10-13-4-2-3-5-15(13)19/h2-8,14H,9-11H2,1H3,(H,20,21)(H,22,25). The largest absolute Gasteiger partial charge is 0.373 e. The van der Waals surface area contributed by atoms with Gasteiger partial charge in [-0.2, -0.15) is 0 Å². The fourth-order valence-electron chi connectivity index (χ4n) is 2.83. The van der Waals surface area contributed by atoms with Crippen molar-refractivity contribution in [1.29, 1.82) is 0 Å². The lowest BCUT2D eigenvalue weighted by Crippen LogP contribution is -2.37. The van der Waals surface area contributed by atoms with E-state index in [9.17, 15) is 9.59 Å². The van der Waals surface area contributed by atoms with E-state index in [0.29, 0.717) is 35.9 Å². The van der Waals surface area contributed by atoms with Gasteiger partial charge in [0.15, 0.2) is 0 Å². The highest BCUT2D eigenvalue weighted by Crippen LogP contribution is 2.21. The van der Waals surface area contributed by atoms with Crippen LogP contribution in [0.4, 0.5) is 5.82 Å². The van der Waals surface area contributed by atoms with E-state index in [1.54, 1.807) is 36.3 Å². The van der Waals surface area contributed by atoms with Crippen molar-refractivity contribution in [2.75, 3.05) is 18.9 Å². The number of carbonyl (C=O) groups excluding carboxylic acids is 2. The fourth-order valence-corrected chi connectivity index (χ4v) is 3.03. The average molecular weight is 359 g/mol. The Labute approximate surface area is 151 Å². The van der Waals surface area contributed by atoms with Gasteiger partial charge in [0.1, 0.15) is 5.82 Å². The first-order chi connectivity index (χ1) is 12.1. The molecular formula is C18H19ClN4O2. The third kappa shape index (κ3) is 4.09. The second kappa shape index (κ2) is 7.53. The molecule has 0 bridgehead atoms. The molecule has 2 aromatic rings. The molecular weight excluding hydrogens is 340 g/mol. The molecule has 1 fully saturated rings. The fraction of sp³-hybridized carbons (Fsp3) is 0.278. The average Bonchev–Trinajstić information content (AvgIpc) is 2.96. The molecule has 2 N–H and O–H groups in total. The van der Waals surface area contributed by atoms with Crippen molar-refractivity contribution in [1.82, 2.24) is 15.2 Å². The Bertz CT molecular complexity index is 796. The van der Waals surface area contributed by atoms with Crippen molar-refractivity contribution < 1.29 is 9.59 Å². The number of halogens is 1. The molecule has 1 aliphatic rings. The Kier molecular flexibility index (Phi) is 5.19. The van der Waals surface area contributed by atoms with E-state index in [4.69, 9.17) is 11.6 Å². The van der Waals surface area contributed by atoms with Crippen molar-refractivity contribution in [3.05, 3.63) is 58.7 Å². The maximum absolute atomic E-state index is 12.4. The number of nitrogens with zero attached hydrogens (tertiary/aromatic N) is 2. The first kappa shape index (κ1) is 17.2. The first-order valence-electron chi connectivity index (χ1n) is 8.02. The second-order valence-electron chi connectivity index (χ2n) is 5.92. The Morgan fingerprint density at radius 2 is 2.16 bits per heavy atom. The number of hydrogen-bond acceptors (Lipinski definition) is 4. The molecule has 1 unspecified atom stereocenters. The molecule has 2 heterocycles. The van der Waals surface area contributed by atoms with Crippen LogP contribution in [0.15, 0.2) is 42.6 Å². The lowest BCUT2D eigenvalue weighted by Gasteiger charge is -2.18. The Hall–Kier alpha value is -2.60. The lowest BCUT2D eigenvalue weighted by atomic mass is 10.2. The molecule has 0 spiro atoms. The molecule has 2 amide bonds. The van der Waals surface area contributed by atoms with Gasteiger partial charge >= 0.3 is 0 Å². The Morgan fingerprint density at radius 1 is 1.36 bits per heavy atom. The second-order valence-corrected chi connectivity index (χ2v) is 6.33. The smallest absolute Gasteiger partial charge is 0.251 e. The SMILES string of the molecule is CNc1cc(C(=O)NC2CC(=O)N(Cc3ccccc3Cl)C2)ccn1. The van der Waals surface area contributed by atoms with Crippen LogP contribution in [0.3, 0.4) is 0 Å². The summed E-state index contributed by atoms with van der Waals surface area (Å²) in [6.07, 6.45) is 1.87. The van der Waals surface area contributed by atoms with Gasteiger partial charge in [0, 0.05) is 43.3 Å². The summed E-state index contributed by atoms with van der Waals surface area (Å²) >= 11 is 6.16. The van der Waals surface area contributed by atoms with Crippen LogP contribution in [0.25, 0.3) is 0 Å². The number of carbonyl (C=O) groups is 2. The van der Waals surface area contributed by atoms with Crippen molar-refractivity contribution in [3.8, 4) is 0 Å². The third-order valence-electron chi connectivity index (χ3n) is 4.15. The van der Waals surface area contributed by atoms with Gasteiger partial charge < -0.3 is 15.5 Å². The molecule has 25 heavy (non-hydrogen) atoms. The molecule has 3 rings (SSSR count). The normalized spacial score (nSPS) is 16.8. The molecule has 1 atom stereocenters. The summed E-state index contributed by atoms with van der Waals surface area (Å²) in [7, 11) is 1.74. The lowest BCUT2D eigenvalue weighted by molar-refractivity contribution is -0.128. The predicted octanol–water partition coefficient (Wildman–Crippen LogP) is 2.31. The van der Waals surface area contributed by atoms with Gasteiger partial charge in [-0.1, -0.05) is 29.8 Å². The van der Waals surface area contributed by atoms with E-state index < -0.39 is 0 Å². The van der Waals surface area contributed by atoms with Gasteiger partial charge in [0.2, 0.25) is 5.91 Å². The molecule has 1 aromatic heterocycles. The summed E-state index contributed by atoms with van der Waals surface area (Å²) in [5.41, 5.74) is 1.41. The van der Waals surface area contributed by atoms with E-state index in [2.05, 4.69) is 15.6 Å². The number of anilines is 1. The maximum Gasteiger partial charge on any atom is 0.251 e. The summed E-state index contributed by atoms with van der Waals surface area (Å²) in [4.78, 5) is 30.4. The number of rotatable bonds is 5. The number of aromatic nitrogens is 1. The number of likely N-dealkylation sites (tertiary alicyclic amines) is 1. The van der Waals surface area contributed by atoms with E-state index in [1.165, 1.54) is 0 Å². The van der Waals surface area contributed by atoms with E-state index in [1.807, 2.05) is 18.2 Å². The monoisotopic (exact) mass is 358 g/mol. The zero-order valence-electron chi connectivity index (χ0n) is 13.8. The third-order valence-corrected chi connectivity index (χ3v) is 4.52. The van der Waals surface area contributed by atoms with Crippen molar-refractivity contribution in [2.45, 2.75) is 19.0 Å². The summed E-state index contributed by atoms with van der Waals surface area (Å²) in [6, 6.07) is 10.6. The van der Waals surface area contributed by atoms with Gasteiger partial charge in [-0.05, 0) is 23.8 Å². The maximum atomic E-state index is 12.4. The van der Waals surface area contributed by atoms with E-state index in [0.717, 1.165) is 5.56 Å². The van der Waals surface area contributed by atoms with Crippen LogP contribution in [-0.4, -0.2) is 41.3 Å². The minimum atomic E-state index is -0.214. The van der Waals surface area contributed by atoms with Gasteiger partial charge in [-0.25, -0.2) is 4.98 Å². The Balaban J connectivity index is 1.62. The highest BCUT2D eigenvalue weighted by Gasteiger charge is 2.31. The van der Waals surface area contributed by atoms with Crippen LogP contribution in [-0.2, 0) is 11.3 Å². The van der Waals surface area contributed by atoms with Crippen LogP contribution < -0.4 is 10.6 Å². The minimum Gasteiger partial charge on any atom is -0.373 e. The van der Waals surface area contributed by atoms with Crippen molar-refractivity contribution >= 4 is 29.2 Å². The quantitative estimate of drug-likeness (QED) is 0.860. The van der Waals surface area contributed by atoms with Gasteiger partial charge in [-0.15, -0.1) is 0 Å². The molecule has 7 heteroatoms. The molecule has 1 saturated heterocycles. The number of benzene rings is 1. The van der Waals surface area contributed by atoms with Crippen molar-refractivity contribution in [3.63, 3.8) is 0 Å². The summed E-state index contributed by atoms with van der Waals surface area (Å²) in [6.45, 7) is 0.920. The molecule has 0 saturated carbocycles. The predicted molar refractivity (Wildman–Crippen MR) is 96.5 cm³/mol. The van der Waals surface area contributed by atoms with Crippen LogP contribution in [0, 0.1) is 0 Å². The topological polar surface area (TPSA) is 74.3 Å². The van der Waals surface area contributed by atoms with Gasteiger partial charge in [-0.3, -0.25) is 9.59 Å². The molecule has 1 aliphatic heterocycles. The number of nitrogens with one attached hydrogen (secondary N) is 2. The molecule has 0 aliphatic carbocycles. The van der Waals surface area contributed by atoms with Crippen LogP contribution >= 0.6 is 11.6 Å². The minimum absolute atomic E-state index is 0.0101. The highest BCUT2D eigenvalue weighted by molar-refractivity contribution is 6.31.